The van der Waals surface area contributed by atoms with Crippen molar-refractivity contribution in [3.8, 4) is 0 Å². The van der Waals surface area contributed by atoms with Crippen LogP contribution < -0.4 is 0 Å². The number of likely N-dealkylation sites (N-methyl/N-ethyl adjacent to an activating group) is 1. The highest BCUT2D eigenvalue weighted by Gasteiger charge is 2.45. The zero-order valence-electron chi connectivity index (χ0n) is 12.1. The number of aliphatic carboxylic acids is 1. The summed E-state index contributed by atoms with van der Waals surface area (Å²) in [7, 11) is 1.72. The monoisotopic (exact) mass is 268 g/mol. The van der Waals surface area contributed by atoms with Crippen LogP contribution in [0.3, 0.4) is 0 Å². The van der Waals surface area contributed by atoms with E-state index in [-0.39, 0.29) is 6.03 Å². The third-order valence-electron chi connectivity index (χ3n) is 3.64. The van der Waals surface area contributed by atoms with E-state index in [0.29, 0.717) is 32.5 Å². The van der Waals surface area contributed by atoms with E-state index in [1.807, 2.05) is 13.8 Å². The van der Waals surface area contributed by atoms with Crippen LogP contribution in [0.25, 0.3) is 0 Å². The van der Waals surface area contributed by atoms with E-state index in [0.717, 1.165) is 12.0 Å². The van der Waals surface area contributed by atoms with Crippen LogP contribution in [0.2, 0.25) is 0 Å². The molecule has 108 valence electrons. The zero-order chi connectivity index (χ0) is 14.6. The van der Waals surface area contributed by atoms with Gasteiger partial charge in [-0.05, 0) is 19.8 Å². The quantitative estimate of drug-likeness (QED) is 0.777. The van der Waals surface area contributed by atoms with E-state index in [9.17, 15) is 14.7 Å². The van der Waals surface area contributed by atoms with Gasteiger partial charge in [-0.1, -0.05) is 25.5 Å². The number of hydrogen-bond acceptors (Lipinski definition) is 2. The highest BCUT2D eigenvalue weighted by Crippen LogP contribution is 2.35. The summed E-state index contributed by atoms with van der Waals surface area (Å²) in [6, 6.07) is -0.109. The summed E-state index contributed by atoms with van der Waals surface area (Å²) < 4.78 is 0. The van der Waals surface area contributed by atoms with Gasteiger partial charge in [-0.3, -0.25) is 4.79 Å². The fourth-order valence-corrected chi connectivity index (χ4v) is 2.71. The fourth-order valence-electron chi connectivity index (χ4n) is 2.71. The molecule has 0 spiro atoms. The van der Waals surface area contributed by atoms with Crippen LogP contribution in [0.15, 0.2) is 12.2 Å². The molecule has 19 heavy (non-hydrogen) atoms. The standard InChI is InChI=1S/C14H24N2O3/c1-5-6-14(12(17)18)7-8-16(10-14)13(19)15(4)9-11(2)3/h2,5-10H2,1,3-4H3,(H,17,18). The van der Waals surface area contributed by atoms with E-state index in [1.54, 1.807) is 16.8 Å². The first-order valence-electron chi connectivity index (χ1n) is 6.70. The Hall–Kier alpha value is -1.52. The maximum absolute atomic E-state index is 12.2. The van der Waals surface area contributed by atoms with Gasteiger partial charge in [0.1, 0.15) is 0 Å². The van der Waals surface area contributed by atoms with Gasteiger partial charge in [0.05, 0.1) is 5.41 Å². The van der Waals surface area contributed by atoms with E-state index < -0.39 is 11.4 Å². The van der Waals surface area contributed by atoms with Gasteiger partial charge in [-0.15, -0.1) is 0 Å². The first-order valence-corrected chi connectivity index (χ1v) is 6.70. The Morgan fingerprint density at radius 3 is 2.58 bits per heavy atom. The molecule has 0 aromatic rings. The summed E-state index contributed by atoms with van der Waals surface area (Å²) in [6.07, 6.45) is 1.98. The van der Waals surface area contributed by atoms with Gasteiger partial charge in [-0.2, -0.15) is 0 Å². The molecule has 0 aliphatic carbocycles. The van der Waals surface area contributed by atoms with Crippen LogP contribution in [-0.4, -0.2) is 53.6 Å². The molecule has 2 amide bonds. The molecule has 1 saturated heterocycles. The average molecular weight is 268 g/mol. The van der Waals surface area contributed by atoms with Crippen molar-refractivity contribution < 1.29 is 14.7 Å². The zero-order valence-corrected chi connectivity index (χ0v) is 12.1. The second kappa shape index (κ2) is 6.08. The lowest BCUT2D eigenvalue weighted by molar-refractivity contribution is -0.148. The summed E-state index contributed by atoms with van der Waals surface area (Å²) in [5.41, 5.74) is 0.155. The molecule has 1 aliphatic rings. The first kappa shape index (κ1) is 15.5. The van der Waals surface area contributed by atoms with E-state index >= 15 is 0 Å². The molecule has 0 bridgehead atoms. The van der Waals surface area contributed by atoms with Gasteiger partial charge in [0, 0.05) is 26.7 Å². The molecule has 1 fully saturated rings. The smallest absolute Gasteiger partial charge is 0.320 e. The van der Waals surface area contributed by atoms with Gasteiger partial charge in [-0.25, -0.2) is 4.79 Å². The first-order chi connectivity index (χ1) is 8.82. The second-order valence-corrected chi connectivity index (χ2v) is 5.60. The fraction of sp³-hybridized carbons (Fsp3) is 0.714. The van der Waals surface area contributed by atoms with Crippen molar-refractivity contribution in [1.82, 2.24) is 9.80 Å². The number of amides is 2. The Morgan fingerprint density at radius 1 is 1.47 bits per heavy atom. The van der Waals surface area contributed by atoms with Gasteiger partial charge >= 0.3 is 12.0 Å². The molecule has 1 aliphatic heterocycles. The topological polar surface area (TPSA) is 60.9 Å². The predicted octanol–water partition coefficient (Wildman–Crippen LogP) is 2.19. The molecule has 1 heterocycles. The van der Waals surface area contributed by atoms with E-state index in [4.69, 9.17) is 0 Å². The molecule has 1 atom stereocenters. The van der Waals surface area contributed by atoms with Gasteiger partial charge in [0.15, 0.2) is 0 Å². The minimum atomic E-state index is -0.785. The molecule has 5 heteroatoms. The number of nitrogens with zero attached hydrogens (tertiary/aromatic N) is 2. The lowest BCUT2D eigenvalue weighted by atomic mass is 9.83. The minimum absolute atomic E-state index is 0.109. The summed E-state index contributed by atoms with van der Waals surface area (Å²) in [5.74, 6) is -0.785. The average Bonchev–Trinajstić information content (AvgIpc) is 2.73. The molecule has 0 aromatic heterocycles. The van der Waals surface area contributed by atoms with E-state index in [1.165, 1.54) is 0 Å². The Bertz CT molecular complexity index is 381. The minimum Gasteiger partial charge on any atom is -0.481 e. The summed E-state index contributed by atoms with van der Waals surface area (Å²) >= 11 is 0. The van der Waals surface area contributed by atoms with Crippen LogP contribution in [0.1, 0.15) is 33.1 Å². The van der Waals surface area contributed by atoms with E-state index in [2.05, 4.69) is 6.58 Å². The maximum atomic E-state index is 12.2. The number of carbonyl (C=O) groups is 2. The van der Waals surface area contributed by atoms with Crippen molar-refractivity contribution in [1.29, 1.82) is 0 Å². The Balaban J connectivity index is 2.71. The van der Waals surface area contributed by atoms with Crippen LogP contribution in [0.4, 0.5) is 4.79 Å². The largest absolute Gasteiger partial charge is 0.481 e. The van der Waals surface area contributed by atoms with Crippen LogP contribution in [0.5, 0.6) is 0 Å². The third kappa shape index (κ3) is 3.49. The molecule has 0 saturated carbocycles. The van der Waals surface area contributed by atoms with Gasteiger partial charge in [0.2, 0.25) is 0 Å². The van der Waals surface area contributed by atoms with Crippen LogP contribution >= 0.6 is 0 Å². The van der Waals surface area contributed by atoms with Gasteiger partial charge in [0.25, 0.3) is 0 Å². The van der Waals surface area contributed by atoms with Crippen LogP contribution in [-0.2, 0) is 4.79 Å². The van der Waals surface area contributed by atoms with Gasteiger partial charge < -0.3 is 14.9 Å². The summed E-state index contributed by atoms with van der Waals surface area (Å²) in [6.45, 7) is 8.96. The maximum Gasteiger partial charge on any atom is 0.320 e. The van der Waals surface area contributed by atoms with Crippen molar-refractivity contribution in [2.24, 2.45) is 5.41 Å². The Kier molecular flexibility index (Phi) is 4.97. The number of likely N-dealkylation sites (tertiary alicyclic amines) is 1. The number of urea groups is 1. The lowest BCUT2D eigenvalue weighted by Gasteiger charge is -2.27. The molecular weight excluding hydrogens is 244 g/mol. The molecule has 5 nitrogen and oxygen atoms in total. The summed E-state index contributed by atoms with van der Waals surface area (Å²) in [4.78, 5) is 26.9. The molecule has 1 unspecified atom stereocenters. The summed E-state index contributed by atoms with van der Waals surface area (Å²) in [5, 5.41) is 9.41. The Morgan fingerprint density at radius 2 is 2.11 bits per heavy atom. The highest BCUT2D eigenvalue weighted by atomic mass is 16.4. The third-order valence-corrected chi connectivity index (χ3v) is 3.64. The number of carboxylic acids is 1. The second-order valence-electron chi connectivity index (χ2n) is 5.60. The van der Waals surface area contributed by atoms with Crippen LogP contribution in [0, 0.1) is 5.41 Å². The SMILES string of the molecule is C=C(C)CN(C)C(=O)N1CCC(CCC)(C(=O)O)C1. The Labute approximate surface area is 114 Å². The van der Waals surface area contributed by atoms with Crippen molar-refractivity contribution in [3.63, 3.8) is 0 Å². The number of hydrogen-bond donors (Lipinski definition) is 1. The van der Waals surface area contributed by atoms with Crippen molar-refractivity contribution >= 4 is 12.0 Å². The number of carboxylic acid groups (broad SMARTS) is 1. The number of rotatable bonds is 5. The van der Waals surface area contributed by atoms with Crippen molar-refractivity contribution in [2.75, 3.05) is 26.7 Å². The highest BCUT2D eigenvalue weighted by molar-refractivity contribution is 5.79. The molecule has 0 aromatic carbocycles. The van der Waals surface area contributed by atoms with Crippen molar-refractivity contribution in [2.45, 2.75) is 33.1 Å². The molecule has 0 radical (unpaired) electrons. The molecule has 1 rings (SSSR count). The molecule has 1 N–H and O–H groups in total. The molecular formula is C14H24N2O3. The predicted molar refractivity (Wildman–Crippen MR) is 74.0 cm³/mol. The van der Waals surface area contributed by atoms with Crippen molar-refractivity contribution in [3.05, 3.63) is 12.2 Å². The number of carbonyl (C=O) groups excluding carboxylic acids is 1. The normalized spacial score (nSPS) is 22.4. The lowest BCUT2D eigenvalue weighted by Crippen LogP contribution is -2.43.